The number of aliphatic hydroxyl groups is 1. The molecule has 2 N–H and O–H groups in total. The molecule has 0 spiro atoms. The van der Waals surface area contributed by atoms with Gasteiger partial charge >= 0.3 is 0 Å². The van der Waals surface area contributed by atoms with Crippen LogP contribution >= 0.6 is 11.3 Å². The molecule has 0 aliphatic heterocycles. The summed E-state index contributed by atoms with van der Waals surface area (Å²) in [4.78, 5) is 14.2. The number of aliphatic hydroxyl groups excluding tert-OH is 1. The highest BCUT2D eigenvalue weighted by Crippen LogP contribution is 2.17. The fourth-order valence-corrected chi connectivity index (χ4v) is 2.70. The number of aryl methyl sites for hydroxylation is 1. The number of benzene rings is 1. The number of nitrogens with zero attached hydrogens (tertiary/aromatic N) is 1. The Balaban J connectivity index is 2.01. The Kier molecular flexibility index (Phi) is 5.25. The van der Waals surface area contributed by atoms with Crippen molar-refractivity contribution in [2.24, 2.45) is 5.10 Å². The lowest BCUT2D eigenvalue weighted by atomic mass is 10.1. The molecular weight excluding hydrogens is 284 g/mol. The Morgan fingerprint density at radius 1 is 1.29 bits per heavy atom. The molecule has 110 valence electrons. The summed E-state index contributed by atoms with van der Waals surface area (Å²) in [5.74, 6) is -0.534. The number of hydrogen-bond acceptors (Lipinski definition) is 4. The van der Waals surface area contributed by atoms with Crippen LogP contribution in [0.5, 0.6) is 0 Å². The van der Waals surface area contributed by atoms with Crippen molar-refractivity contribution in [2.45, 2.75) is 26.4 Å². The van der Waals surface area contributed by atoms with Gasteiger partial charge in [-0.25, -0.2) is 5.43 Å². The summed E-state index contributed by atoms with van der Waals surface area (Å²) in [6.07, 6.45) is -0.228. The second kappa shape index (κ2) is 7.15. The van der Waals surface area contributed by atoms with Gasteiger partial charge in [-0.1, -0.05) is 37.3 Å². The van der Waals surface area contributed by atoms with Crippen LogP contribution in [0, 0.1) is 0 Å². The predicted octanol–water partition coefficient (Wildman–Crippen LogP) is 2.88. The molecule has 1 atom stereocenters. The van der Waals surface area contributed by atoms with Crippen LogP contribution in [-0.2, 0) is 11.2 Å². The van der Waals surface area contributed by atoms with E-state index in [1.807, 2.05) is 19.1 Å². The maximum Gasteiger partial charge on any atom is 0.273 e. The molecule has 0 aliphatic rings. The summed E-state index contributed by atoms with van der Waals surface area (Å²) in [7, 11) is 0. The van der Waals surface area contributed by atoms with Crippen LogP contribution in [0.15, 0.2) is 47.6 Å². The third-order valence-corrected chi connectivity index (χ3v) is 4.40. The van der Waals surface area contributed by atoms with Crippen molar-refractivity contribution < 1.29 is 9.90 Å². The molecule has 0 aliphatic carbocycles. The maximum atomic E-state index is 11.9. The summed E-state index contributed by atoms with van der Waals surface area (Å²) in [6, 6.07) is 12.8. The van der Waals surface area contributed by atoms with Crippen molar-refractivity contribution in [1.29, 1.82) is 0 Å². The smallest absolute Gasteiger partial charge is 0.273 e. The van der Waals surface area contributed by atoms with Crippen LogP contribution < -0.4 is 5.43 Å². The minimum atomic E-state index is -1.21. The number of hydrogen-bond donors (Lipinski definition) is 2. The standard InChI is InChI=1S/C16H18N2O2S/c1-3-13-9-10-14(21-13)11(2)17-18-16(20)15(19)12-7-5-4-6-8-12/h4-10,15,19H,3H2,1-2H3,(H,18,20)/b17-11-/t15-/m0/s1. The minimum absolute atomic E-state index is 0.534. The highest BCUT2D eigenvalue weighted by atomic mass is 32.1. The van der Waals surface area contributed by atoms with Gasteiger partial charge in [-0.05, 0) is 31.0 Å². The average molecular weight is 302 g/mol. The first-order valence-corrected chi connectivity index (χ1v) is 7.59. The first-order valence-electron chi connectivity index (χ1n) is 6.78. The van der Waals surface area contributed by atoms with Gasteiger partial charge in [0, 0.05) is 4.88 Å². The second-order valence-corrected chi connectivity index (χ2v) is 5.77. The Morgan fingerprint density at radius 3 is 2.62 bits per heavy atom. The molecule has 1 aromatic carbocycles. The van der Waals surface area contributed by atoms with Gasteiger partial charge in [-0.3, -0.25) is 4.79 Å². The number of carbonyl (C=O) groups excluding carboxylic acids is 1. The van der Waals surface area contributed by atoms with Crippen molar-refractivity contribution in [3.05, 3.63) is 57.8 Å². The SMILES string of the molecule is CCc1ccc(/C(C)=N\NC(=O)[C@@H](O)c2ccccc2)s1. The lowest BCUT2D eigenvalue weighted by molar-refractivity contribution is -0.129. The van der Waals surface area contributed by atoms with Gasteiger partial charge in [0.1, 0.15) is 0 Å². The molecular formula is C16H18N2O2S. The van der Waals surface area contributed by atoms with Gasteiger partial charge in [0.25, 0.3) is 5.91 Å². The average Bonchev–Trinajstić information content (AvgIpc) is 3.01. The quantitative estimate of drug-likeness (QED) is 0.659. The molecule has 2 rings (SSSR count). The van der Waals surface area contributed by atoms with E-state index in [-0.39, 0.29) is 0 Å². The first kappa shape index (κ1) is 15.4. The molecule has 1 heterocycles. The number of thiophene rings is 1. The van der Waals surface area contributed by atoms with Gasteiger partial charge in [0.15, 0.2) is 6.10 Å². The zero-order valence-corrected chi connectivity index (χ0v) is 12.9. The summed E-state index contributed by atoms with van der Waals surface area (Å²) in [5, 5.41) is 14.0. The highest BCUT2D eigenvalue weighted by molar-refractivity contribution is 7.14. The van der Waals surface area contributed by atoms with Gasteiger partial charge in [0.05, 0.1) is 10.6 Å². The van der Waals surface area contributed by atoms with Crippen molar-refractivity contribution >= 4 is 23.0 Å². The van der Waals surface area contributed by atoms with Crippen molar-refractivity contribution in [2.75, 3.05) is 0 Å². The molecule has 4 nitrogen and oxygen atoms in total. The van der Waals surface area contributed by atoms with Gasteiger partial charge in [-0.2, -0.15) is 5.10 Å². The van der Waals surface area contributed by atoms with E-state index in [0.29, 0.717) is 5.56 Å². The molecule has 0 unspecified atom stereocenters. The molecule has 0 saturated heterocycles. The van der Waals surface area contributed by atoms with Crippen LogP contribution in [0.3, 0.4) is 0 Å². The predicted molar refractivity (Wildman–Crippen MR) is 85.5 cm³/mol. The van der Waals surface area contributed by atoms with E-state index < -0.39 is 12.0 Å². The van der Waals surface area contributed by atoms with E-state index in [4.69, 9.17) is 0 Å². The Labute approximate surface area is 128 Å². The molecule has 0 fully saturated rings. The molecule has 1 amide bonds. The Hall–Kier alpha value is -1.98. The summed E-state index contributed by atoms with van der Waals surface area (Å²) in [5.41, 5.74) is 3.69. The van der Waals surface area contributed by atoms with E-state index in [9.17, 15) is 9.90 Å². The van der Waals surface area contributed by atoms with E-state index >= 15 is 0 Å². The molecule has 5 heteroatoms. The Morgan fingerprint density at radius 2 is 2.00 bits per heavy atom. The monoisotopic (exact) mass is 302 g/mol. The fourth-order valence-electron chi connectivity index (χ4n) is 1.80. The third kappa shape index (κ3) is 4.00. The zero-order valence-electron chi connectivity index (χ0n) is 12.0. The van der Waals surface area contributed by atoms with Crippen LogP contribution in [-0.4, -0.2) is 16.7 Å². The van der Waals surface area contributed by atoms with Gasteiger partial charge < -0.3 is 5.11 Å². The molecule has 0 radical (unpaired) electrons. The summed E-state index contributed by atoms with van der Waals surface area (Å²) in [6.45, 7) is 3.93. The number of nitrogens with one attached hydrogen (secondary N) is 1. The topological polar surface area (TPSA) is 61.7 Å². The van der Waals surface area contributed by atoms with Gasteiger partial charge in [-0.15, -0.1) is 11.3 Å². The molecule has 2 aromatic rings. The molecule has 21 heavy (non-hydrogen) atoms. The van der Waals surface area contributed by atoms with Crippen molar-refractivity contribution in [3.8, 4) is 0 Å². The Bertz CT molecular complexity index is 635. The zero-order chi connectivity index (χ0) is 15.2. The first-order chi connectivity index (χ1) is 10.1. The lowest BCUT2D eigenvalue weighted by Gasteiger charge is -2.09. The molecule has 1 aromatic heterocycles. The highest BCUT2D eigenvalue weighted by Gasteiger charge is 2.16. The van der Waals surface area contributed by atoms with Crippen LogP contribution in [0.25, 0.3) is 0 Å². The van der Waals surface area contributed by atoms with Crippen LogP contribution in [0.4, 0.5) is 0 Å². The van der Waals surface area contributed by atoms with Gasteiger partial charge in [0.2, 0.25) is 0 Å². The normalized spacial score (nSPS) is 13.0. The number of hydrazone groups is 1. The number of rotatable bonds is 5. The lowest BCUT2D eigenvalue weighted by Crippen LogP contribution is -2.26. The molecule has 0 saturated carbocycles. The van der Waals surface area contributed by atoms with E-state index in [0.717, 1.165) is 17.0 Å². The van der Waals surface area contributed by atoms with E-state index in [2.05, 4.69) is 23.5 Å². The maximum absolute atomic E-state index is 11.9. The van der Waals surface area contributed by atoms with Crippen molar-refractivity contribution in [3.63, 3.8) is 0 Å². The number of carbonyl (C=O) groups is 1. The second-order valence-electron chi connectivity index (χ2n) is 4.61. The number of amides is 1. The minimum Gasteiger partial charge on any atom is -0.378 e. The molecule has 0 bridgehead atoms. The van der Waals surface area contributed by atoms with Crippen molar-refractivity contribution in [1.82, 2.24) is 5.43 Å². The van der Waals surface area contributed by atoms with Crippen LogP contribution in [0.1, 0.15) is 35.3 Å². The largest absolute Gasteiger partial charge is 0.378 e. The fraction of sp³-hybridized carbons (Fsp3) is 0.250. The van der Waals surface area contributed by atoms with Crippen LogP contribution in [0.2, 0.25) is 0 Å². The van der Waals surface area contributed by atoms with E-state index in [1.54, 1.807) is 35.6 Å². The summed E-state index contributed by atoms with van der Waals surface area (Å²) < 4.78 is 0. The third-order valence-electron chi connectivity index (χ3n) is 3.06. The van der Waals surface area contributed by atoms with E-state index in [1.165, 1.54) is 4.88 Å². The summed E-state index contributed by atoms with van der Waals surface area (Å²) >= 11 is 1.65.